The molecule has 3 nitrogen and oxygen atoms in total. The minimum absolute atomic E-state index is 0.355. The van der Waals surface area contributed by atoms with Gasteiger partial charge < -0.3 is 15.2 Å². The monoisotopic (exact) mass is 311 g/mol. The van der Waals surface area contributed by atoms with Crippen molar-refractivity contribution in [1.82, 2.24) is 0 Å². The van der Waals surface area contributed by atoms with Gasteiger partial charge in [0.25, 0.3) is 0 Å². The first-order valence-electron chi connectivity index (χ1n) is 6.26. The van der Waals surface area contributed by atoms with Gasteiger partial charge in [0.2, 0.25) is 0 Å². The smallest absolute Gasteiger partial charge is 0.154 e. The summed E-state index contributed by atoms with van der Waals surface area (Å²) in [6, 6.07) is 10.6. The van der Waals surface area contributed by atoms with Crippen LogP contribution in [0.4, 0.5) is 5.69 Å². The lowest BCUT2D eigenvalue weighted by Gasteiger charge is -2.13. The van der Waals surface area contributed by atoms with Crippen LogP contribution in [0.5, 0.6) is 17.2 Å². The van der Waals surface area contributed by atoms with E-state index in [1.165, 1.54) is 0 Å². The van der Waals surface area contributed by atoms with Crippen LogP contribution < -0.4 is 15.2 Å². The van der Waals surface area contributed by atoms with Crippen LogP contribution in [0.3, 0.4) is 0 Å². The first-order valence-corrected chi connectivity index (χ1v) is 7.02. The highest BCUT2D eigenvalue weighted by Crippen LogP contribution is 2.39. The molecule has 0 fully saturated rings. The lowest BCUT2D eigenvalue weighted by molar-refractivity contribution is 0.318. The Balaban J connectivity index is 2.27. The predicted molar refractivity (Wildman–Crippen MR) is 83.2 cm³/mol. The van der Waals surface area contributed by atoms with E-state index in [-0.39, 0.29) is 0 Å². The number of nitrogen functional groups attached to an aromatic ring is 1. The summed E-state index contributed by atoms with van der Waals surface area (Å²) >= 11 is 12.0. The lowest BCUT2D eigenvalue weighted by atomic mass is 10.2. The second-order valence-electron chi connectivity index (χ2n) is 4.17. The molecule has 5 heteroatoms. The summed E-state index contributed by atoms with van der Waals surface area (Å²) in [5, 5.41) is 0.787. The fraction of sp³-hybridized carbons (Fsp3) is 0.200. The summed E-state index contributed by atoms with van der Waals surface area (Å²) in [5.41, 5.74) is 6.48. The number of rotatable bonds is 5. The number of para-hydroxylation sites is 1. The van der Waals surface area contributed by atoms with Gasteiger partial charge in [-0.1, -0.05) is 42.3 Å². The zero-order valence-corrected chi connectivity index (χ0v) is 12.5. The van der Waals surface area contributed by atoms with Crippen LogP contribution in [-0.2, 0) is 0 Å². The number of nitrogens with two attached hydrogens (primary N) is 1. The maximum atomic E-state index is 6.09. The first-order chi connectivity index (χ1) is 9.63. The molecule has 0 spiro atoms. The summed E-state index contributed by atoms with van der Waals surface area (Å²) in [6.45, 7) is 2.63. The number of hydrogen-bond acceptors (Lipinski definition) is 3. The van der Waals surface area contributed by atoms with Gasteiger partial charge in [-0.2, -0.15) is 0 Å². The van der Waals surface area contributed by atoms with E-state index in [2.05, 4.69) is 0 Å². The molecule has 0 unspecified atom stereocenters. The van der Waals surface area contributed by atoms with Crippen LogP contribution in [0.15, 0.2) is 36.4 Å². The third kappa shape index (κ3) is 3.30. The van der Waals surface area contributed by atoms with Gasteiger partial charge in [0.1, 0.15) is 22.2 Å². The number of halogens is 2. The number of benzene rings is 2. The van der Waals surface area contributed by atoms with Gasteiger partial charge in [0.05, 0.1) is 11.6 Å². The Morgan fingerprint density at radius 2 is 1.65 bits per heavy atom. The third-order valence-corrected chi connectivity index (χ3v) is 3.43. The molecular formula is C15H15Cl2NO2. The molecule has 2 aromatic carbocycles. The second kappa shape index (κ2) is 6.73. The molecule has 0 aliphatic rings. The van der Waals surface area contributed by atoms with Crippen molar-refractivity contribution in [2.45, 2.75) is 13.3 Å². The summed E-state index contributed by atoms with van der Waals surface area (Å²) < 4.78 is 11.3. The van der Waals surface area contributed by atoms with Gasteiger partial charge in [-0.25, -0.2) is 0 Å². The molecule has 0 aliphatic heterocycles. The molecule has 2 N–H and O–H groups in total. The van der Waals surface area contributed by atoms with Crippen molar-refractivity contribution in [2.75, 3.05) is 12.3 Å². The van der Waals surface area contributed by atoms with Gasteiger partial charge in [0, 0.05) is 0 Å². The summed E-state index contributed by atoms with van der Waals surface area (Å²) in [7, 11) is 0. The van der Waals surface area contributed by atoms with E-state index < -0.39 is 0 Å². The second-order valence-corrected chi connectivity index (χ2v) is 4.96. The molecule has 0 aliphatic carbocycles. The number of anilines is 1. The lowest BCUT2D eigenvalue weighted by Crippen LogP contribution is -2.00. The summed E-state index contributed by atoms with van der Waals surface area (Å²) in [5.74, 6) is 1.55. The Labute approximate surface area is 128 Å². The van der Waals surface area contributed by atoms with Crippen molar-refractivity contribution >= 4 is 28.9 Å². The van der Waals surface area contributed by atoms with E-state index in [1.807, 2.05) is 13.0 Å². The molecule has 0 amide bonds. The molecule has 0 saturated carbocycles. The highest BCUT2D eigenvalue weighted by molar-refractivity contribution is 6.42. The molecule has 2 rings (SSSR count). The minimum atomic E-state index is 0.355. The highest BCUT2D eigenvalue weighted by Gasteiger charge is 2.11. The fourth-order valence-corrected chi connectivity index (χ4v) is 1.96. The van der Waals surface area contributed by atoms with E-state index in [9.17, 15) is 0 Å². The zero-order valence-electron chi connectivity index (χ0n) is 11.0. The van der Waals surface area contributed by atoms with E-state index >= 15 is 0 Å². The van der Waals surface area contributed by atoms with E-state index in [0.29, 0.717) is 39.6 Å². The zero-order chi connectivity index (χ0) is 14.5. The predicted octanol–water partition coefficient (Wildman–Crippen LogP) is 5.16. The molecule has 0 radical (unpaired) electrons. The summed E-state index contributed by atoms with van der Waals surface area (Å²) in [4.78, 5) is 0. The van der Waals surface area contributed by atoms with Crippen LogP contribution in [0.1, 0.15) is 13.3 Å². The van der Waals surface area contributed by atoms with Crippen LogP contribution >= 0.6 is 23.2 Å². The van der Waals surface area contributed by atoms with E-state index in [0.717, 1.165) is 6.42 Å². The standard InChI is InChI=1S/C15H15Cl2NO2/c1-2-9-19-12-7-4-8-13(15(12)18)20-11-6-3-5-10(16)14(11)17/h3-8H,2,9,18H2,1H3. The number of hydrogen-bond donors (Lipinski definition) is 1. The highest BCUT2D eigenvalue weighted by atomic mass is 35.5. The third-order valence-electron chi connectivity index (χ3n) is 2.62. The van der Waals surface area contributed by atoms with Crippen molar-refractivity contribution in [1.29, 1.82) is 0 Å². The minimum Gasteiger partial charge on any atom is -0.491 e. The average Bonchev–Trinajstić information content (AvgIpc) is 2.44. The van der Waals surface area contributed by atoms with Gasteiger partial charge in [-0.05, 0) is 30.7 Å². The Kier molecular flexibility index (Phi) is 4.99. The molecule has 0 bridgehead atoms. The van der Waals surface area contributed by atoms with Crippen LogP contribution in [0.2, 0.25) is 10.0 Å². The Bertz CT molecular complexity index is 602. The average molecular weight is 312 g/mol. The molecule has 0 aromatic heterocycles. The Hall–Kier alpha value is -1.58. The Morgan fingerprint density at radius 1 is 1.00 bits per heavy atom. The van der Waals surface area contributed by atoms with Gasteiger partial charge in [-0.3, -0.25) is 0 Å². The molecule has 0 atom stereocenters. The van der Waals surface area contributed by atoms with Gasteiger partial charge >= 0.3 is 0 Å². The van der Waals surface area contributed by atoms with Gasteiger partial charge in [0.15, 0.2) is 5.75 Å². The van der Waals surface area contributed by atoms with Crippen molar-refractivity contribution in [2.24, 2.45) is 0 Å². The topological polar surface area (TPSA) is 44.5 Å². The summed E-state index contributed by atoms with van der Waals surface area (Å²) in [6.07, 6.45) is 0.907. The van der Waals surface area contributed by atoms with Crippen LogP contribution in [-0.4, -0.2) is 6.61 Å². The quantitative estimate of drug-likeness (QED) is 0.776. The first kappa shape index (κ1) is 14.8. The van der Waals surface area contributed by atoms with Crippen molar-refractivity contribution in [3.63, 3.8) is 0 Å². The molecule has 2 aromatic rings. The SMILES string of the molecule is CCCOc1cccc(Oc2cccc(Cl)c2Cl)c1N. The number of ether oxygens (including phenoxy) is 2. The van der Waals surface area contributed by atoms with Gasteiger partial charge in [-0.15, -0.1) is 0 Å². The maximum Gasteiger partial charge on any atom is 0.154 e. The normalized spacial score (nSPS) is 10.3. The fourth-order valence-electron chi connectivity index (χ4n) is 1.63. The van der Waals surface area contributed by atoms with Crippen LogP contribution in [0, 0.1) is 0 Å². The van der Waals surface area contributed by atoms with E-state index in [1.54, 1.807) is 30.3 Å². The molecule has 0 saturated heterocycles. The van der Waals surface area contributed by atoms with Crippen molar-refractivity contribution in [3.05, 3.63) is 46.4 Å². The van der Waals surface area contributed by atoms with E-state index in [4.69, 9.17) is 38.4 Å². The van der Waals surface area contributed by atoms with Crippen LogP contribution in [0.25, 0.3) is 0 Å². The molecular weight excluding hydrogens is 297 g/mol. The molecule has 0 heterocycles. The largest absolute Gasteiger partial charge is 0.491 e. The molecule has 20 heavy (non-hydrogen) atoms. The maximum absolute atomic E-state index is 6.09. The Morgan fingerprint density at radius 3 is 2.40 bits per heavy atom. The molecule has 106 valence electrons. The van der Waals surface area contributed by atoms with Crippen molar-refractivity contribution in [3.8, 4) is 17.2 Å². The van der Waals surface area contributed by atoms with Crippen molar-refractivity contribution < 1.29 is 9.47 Å².